The van der Waals surface area contributed by atoms with Crippen LogP contribution < -0.4 is 14.8 Å². The summed E-state index contributed by atoms with van der Waals surface area (Å²) in [4.78, 5) is 26.9. The Morgan fingerprint density at radius 2 is 1.65 bits per heavy atom. The lowest BCUT2D eigenvalue weighted by atomic mass is 9.79. The second-order valence-corrected chi connectivity index (χ2v) is 9.82. The monoisotopic (exact) mass is 531 g/mol. The van der Waals surface area contributed by atoms with Crippen LogP contribution in [0.2, 0.25) is 0 Å². The Hall–Kier alpha value is -4.84. The molecule has 1 aliphatic carbocycles. The van der Waals surface area contributed by atoms with Gasteiger partial charge in [0.15, 0.2) is 17.3 Å². The van der Waals surface area contributed by atoms with Crippen LogP contribution in [0.1, 0.15) is 46.8 Å². The first-order chi connectivity index (χ1) is 19.5. The molecule has 0 spiro atoms. The number of dihydropyridines is 1. The number of carbonyl (C=O) groups excluding carboxylic acids is 2. The molecule has 0 saturated heterocycles. The largest absolute Gasteiger partial charge is 0.493 e. The highest BCUT2D eigenvalue weighted by atomic mass is 16.5. The van der Waals surface area contributed by atoms with E-state index in [-0.39, 0.29) is 12.4 Å². The van der Waals surface area contributed by atoms with Crippen LogP contribution in [0.3, 0.4) is 0 Å². The molecule has 6 nitrogen and oxygen atoms in total. The van der Waals surface area contributed by atoms with E-state index in [2.05, 4.69) is 29.6 Å². The Kier molecular flexibility index (Phi) is 6.60. The molecule has 0 saturated carbocycles. The number of rotatable bonds is 7. The van der Waals surface area contributed by atoms with Gasteiger partial charge >= 0.3 is 5.97 Å². The number of Topliss-reactive ketones (excluding diaryl/α,β-unsaturated/α-hetero) is 1. The summed E-state index contributed by atoms with van der Waals surface area (Å²) in [7, 11) is 1.58. The highest BCUT2D eigenvalue weighted by Crippen LogP contribution is 2.48. The highest BCUT2D eigenvalue weighted by molar-refractivity contribution is 6.23. The number of allylic oxidation sites excluding steroid dienone is 2. The molecule has 1 aliphatic heterocycles. The minimum atomic E-state index is -0.629. The number of hydrogen-bond donors (Lipinski definition) is 1. The first-order valence-corrected chi connectivity index (χ1v) is 13.3. The van der Waals surface area contributed by atoms with Crippen molar-refractivity contribution >= 4 is 28.2 Å². The molecule has 4 aromatic carbocycles. The molecule has 0 unspecified atom stereocenters. The molecule has 1 heterocycles. The van der Waals surface area contributed by atoms with E-state index in [1.54, 1.807) is 14.0 Å². The summed E-state index contributed by atoms with van der Waals surface area (Å²) in [5, 5.41) is 5.61. The first kappa shape index (κ1) is 25.4. The summed E-state index contributed by atoms with van der Waals surface area (Å²) >= 11 is 0. The third-order valence-corrected chi connectivity index (χ3v) is 7.53. The van der Waals surface area contributed by atoms with E-state index in [4.69, 9.17) is 14.2 Å². The van der Waals surface area contributed by atoms with E-state index in [0.717, 1.165) is 33.2 Å². The average Bonchev–Trinajstić information content (AvgIpc) is 3.26. The number of nitrogens with one attached hydrogen (secondary N) is 1. The van der Waals surface area contributed by atoms with Crippen LogP contribution in [0.15, 0.2) is 102 Å². The number of fused-ring (bicyclic) bond motifs is 3. The Bertz CT molecular complexity index is 1730. The topological polar surface area (TPSA) is 73.9 Å². The van der Waals surface area contributed by atoms with Gasteiger partial charge in [-0.2, -0.15) is 0 Å². The summed E-state index contributed by atoms with van der Waals surface area (Å²) in [6, 6.07) is 27.4. The van der Waals surface area contributed by atoms with Gasteiger partial charge in [-0.25, -0.2) is 4.79 Å². The average molecular weight is 532 g/mol. The second-order valence-electron chi connectivity index (χ2n) is 9.82. The SMILES string of the molecule is CCOC(=O)C1=C(C)NC2=C(C(=O)c3ccccc32)[C@H]1c1ccc(OCc2cccc3ccccc23)c(OC)c1. The number of hydrogen-bond acceptors (Lipinski definition) is 6. The summed E-state index contributed by atoms with van der Waals surface area (Å²) < 4.78 is 17.4. The fourth-order valence-corrected chi connectivity index (χ4v) is 5.70. The molecule has 0 fully saturated rings. The molecule has 6 heteroatoms. The number of ether oxygens (including phenoxy) is 3. The van der Waals surface area contributed by atoms with Crippen LogP contribution in [-0.2, 0) is 16.1 Å². The molecule has 0 bridgehead atoms. The van der Waals surface area contributed by atoms with Gasteiger partial charge in [0.1, 0.15) is 6.61 Å². The third kappa shape index (κ3) is 4.22. The van der Waals surface area contributed by atoms with Gasteiger partial charge in [0, 0.05) is 28.3 Å². The van der Waals surface area contributed by atoms with Gasteiger partial charge in [-0.1, -0.05) is 72.8 Å². The number of carbonyl (C=O) groups is 2. The van der Waals surface area contributed by atoms with Gasteiger partial charge < -0.3 is 19.5 Å². The second kappa shape index (κ2) is 10.4. The van der Waals surface area contributed by atoms with Gasteiger partial charge in [-0.15, -0.1) is 0 Å². The summed E-state index contributed by atoms with van der Waals surface area (Å²) in [5.74, 6) is -0.101. The van der Waals surface area contributed by atoms with Gasteiger partial charge in [-0.3, -0.25) is 4.79 Å². The molecule has 1 N–H and O–H groups in total. The number of esters is 1. The van der Waals surface area contributed by atoms with Crippen LogP contribution in [0.4, 0.5) is 0 Å². The maximum Gasteiger partial charge on any atom is 0.336 e. The molecule has 6 rings (SSSR count). The Labute approximate surface area is 232 Å². The molecule has 2 aliphatic rings. The predicted molar refractivity (Wildman–Crippen MR) is 154 cm³/mol. The van der Waals surface area contributed by atoms with E-state index in [0.29, 0.717) is 40.5 Å². The highest BCUT2D eigenvalue weighted by Gasteiger charge is 2.43. The molecule has 200 valence electrons. The van der Waals surface area contributed by atoms with Crippen molar-refractivity contribution in [3.05, 3.63) is 124 Å². The lowest BCUT2D eigenvalue weighted by molar-refractivity contribution is -0.138. The van der Waals surface area contributed by atoms with Crippen LogP contribution in [0.25, 0.3) is 16.5 Å². The maximum absolute atomic E-state index is 13.7. The van der Waals surface area contributed by atoms with Crippen molar-refractivity contribution in [1.82, 2.24) is 5.32 Å². The minimum absolute atomic E-state index is 0.104. The zero-order valence-electron chi connectivity index (χ0n) is 22.6. The minimum Gasteiger partial charge on any atom is -0.493 e. The molecule has 4 aromatic rings. The molecule has 40 heavy (non-hydrogen) atoms. The molecule has 0 radical (unpaired) electrons. The molecule has 0 aromatic heterocycles. The van der Waals surface area contributed by atoms with Crippen molar-refractivity contribution in [1.29, 1.82) is 0 Å². The normalized spacial score (nSPS) is 16.0. The lowest BCUT2D eigenvalue weighted by Gasteiger charge is -2.29. The van der Waals surface area contributed by atoms with Crippen LogP contribution in [0, 0.1) is 0 Å². The van der Waals surface area contributed by atoms with Crippen molar-refractivity contribution in [3.63, 3.8) is 0 Å². The molecular weight excluding hydrogens is 502 g/mol. The summed E-state index contributed by atoms with van der Waals surface area (Å²) in [5.41, 5.74) is 5.58. The Morgan fingerprint density at radius 3 is 2.45 bits per heavy atom. The van der Waals surface area contributed by atoms with Crippen molar-refractivity contribution in [3.8, 4) is 11.5 Å². The lowest BCUT2D eigenvalue weighted by Crippen LogP contribution is -2.29. The Morgan fingerprint density at radius 1 is 0.900 bits per heavy atom. The van der Waals surface area contributed by atoms with Crippen molar-refractivity contribution in [2.75, 3.05) is 13.7 Å². The Balaban J connectivity index is 1.39. The van der Waals surface area contributed by atoms with Gasteiger partial charge in [-0.05, 0) is 47.9 Å². The van der Waals surface area contributed by atoms with Gasteiger partial charge in [0.25, 0.3) is 0 Å². The van der Waals surface area contributed by atoms with E-state index in [1.165, 1.54) is 0 Å². The van der Waals surface area contributed by atoms with E-state index in [9.17, 15) is 9.59 Å². The van der Waals surface area contributed by atoms with E-state index in [1.807, 2.05) is 67.6 Å². The quantitative estimate of drug-likeness (QED) is 0.272. The molecule has 1 atom stereocenters. The van der Waals surface area contributed by atoms with Crippen molar-refractivity contribution in [2.24, 2.45) is 0 Å². The number of benzene rings is 4. The third-order valence-electron chi connectivity index (χ3n) is 7.53. The summed E-state index contributed by atoms with van der Waals surface area (Å²) in [6.07, 6.45) is 0. The zero-order valence-corrected chi connectivity index (χ0v) is 22.6. The standard InChI is InChI=1S/C34H29NO5/c1-4-39-34(37)29-20(2)35-32-25-14-7-8-15-26(25)33(36)31(32)30(29)22-16-17-27(28(18-22)38-3)40-19-23-12-9-11-21-10-5-6-13-24(21)23/h5-18,30,35H,4,19H2,1-3H3/t30-/m0/s1. The van der Waals surface area contributed by atoms with Gasteiger partial charge in [0.2, 0.25) is 0 Å². The van der Waals surface area contributed by atoms with Crippen LogP contribution in [-0.4, -0.2) is 25.5 Å². The molecule has 0 amide bonds. The van der Waals surface area contributed by atoms with Gasteiger partial charge in [0.05, 0.1) is 25.0 Å². The summed E-state index contributed by atoms with van der Waals surface area (Å²) in [6.45, 7) is 4.20. The smallest absolute Gasteiger partial charge is 0.336 e. The van der Waals surface area contributed by atoms with E-state index < -0.39 is 11.9 Å². The van der Waals surface area contributed by atoms with Crippen molar-refractivity contribution in [2.45, 2.75) is 26.4 Å². The number of ketones is 1. The van der Waals surface area contributed by atoms with Crippen LogP contribution in [0.5, 0.6) is 11.5 Å². The van der Waals surface area contributed by atoms with Crippen molar-refractivity contribution < 1.29 is 23.8 Å². The number of methoxy groups -OCH3 is 1. The predicted octanol–water partition coefficient (Wildman–Crippen LogP) is 6.56. The van der Waals surface area contributed by atoms with E-state index >= 15 is 0 Å². The van der Waals surface area contributed by atoms with Crippen LogP contribution >= 0.6 is 0 Å². The zero-order chi connectivity index (χ0) is 27.8. The fraction of sp³-hybridized carbons (Fsp3) is 0.176. The first-order valence-electron chi connectivity index (χ1n) is 13.3. The fourth-order valence-electron chi connectivity index (χ4n) is 5.70. The maximum atomic E-state index is 13.7. The molecular formula is C34H29NO5.